The predicted molar refractivity (Wildman–Crippen MR) is 377 cm³/mol. The zero-order chi connectivity index (χ0) is 68.7. The van der Waals surface area contributed by atoms with Crippen LogP contribution in [0.15, 0.2) is 0 Å². The highest BCUT2D eigenvalue weighted by molar-refractivity contribution is 7.47. The Balaban J connectivity index is 5.16. The Hall–Kier alpha value is -1.94. The predicted octanol–water partition coefficient (Wildman–Crippen LogP) is 21.4. The number of ether oxygens (including phenoxy) is 4. The van der Waals surface area contributed by atoms with Gasteiger partial charge in [-0.2, -0.15) is 0 Å². The molecule has 0 bridgehead atoms. The van der Waals surface area contributed by atoms with Crippen molar-refractivity contribution < 1.29 is 80.2 Å². The summed E-state index contributed by atoms with van der Waals surface area (Å²) < 4.78 is 68.3. The molecule has 0 aliphatic carbocycles. The summed E-state index contributed by atoms with van der Waals surface area (Å²) in [6.45, 7) is 11.8. The van der Waals surface area contributed by atoms with Crippen LogP contribution in [0.1, 0.15) is 376 Å². The van der Waals surface area contributed by atoms with Crippen LogP contribution >= 0.6 is 15.6 Å². The van der Waals surface area contributed by atoms with Crippen molar-refractivity contribution in [2.45, 2.75) is 394 Å². The van der Waals surface area contributed by atoms with Crippen molar-refractivity contribution in [2.24, 2.45) is 17.8 Å². The van der Waals surface area contributed by atoms with E-state index in [4.69, 9.17) is 37.0 Å². The van der Waals surface area contributed by atoms with E-state index >= 15 is 0 Å². The van der Waals surface area contributed by atoms with Crippen LogP contribution in [0.5, 0.6) is 0 Å². The van der Waals surface area contributed by atoms with Crippen molar-refractivity contribution in [2.75, 3.05) is 39.6 Å². The average Bonchev–Trinajstić information content (AvgIpc) is 1.75. The second-order valence-electron chi connectivity index (χ2n) is 27.6. The number of carbonyl (C=O) groups is 4. The maximum absolute atomic E-state index is 13.1. The van der Waals surface area contributed by atoms with E-state index in [0.29, 0.717) is 31.6 Å². The average molecular weight is 1370 g/mol. The number of phosphoric ester groups is 2. The van der Waals surface area contributed by atoms with Gasteiger partial charge in [0.05, 0.1) is 26.4 Å². The minimum atomic E-state index is -4.95. The normalized spacial score (nSPS) is 14.7. The van der Waals surface area contributed by atoms with E-state index in [1.54, 1.807) is 0 Å². The fourth-order valence-electron chi connectivity index (χ4n) is 11.2. The van der Waals surface area contributed by atoms with Crippen LogP contribution in [0.4, 0.5) is 0 Å². The Morgan fingerprint density at radius 3 is 0.817 bits per heavy atom. The Kier molecular flexibility index (Phi) is 63.4. The van der Waals surface area contributed by atoms with Gasteiger partial charge in [0.1, 0.15) is 19.3 Å². The van der Waals surface area contributed by atoms with Gasteiger partial charge in [0.25, 0.3) is 0 Å². The molecule has 4 unspecified atom stereocenters. The molecule has 552 valence electrons. The molecule has 0 saturated carbocycles. The zero-order valence-electron chi connectivity index (χ0n) is 60.7. The summed E-state index contributed by atoms with van der Waals surface area (Å²) in [6.07, 6.45) is 50.2. The van der Waals surface area contributed by atoms with Crippen molar-refractivity contribution >= 4 is 39.5 Å². The standard InChI is InChI=1S/C74H144O17P2/c1-8-11-12-13-14-15-16-26-29-32-41-48-55-71(76)84-61-69(90-73(78)57-50-43-33-30-27-24-22-20-18-17-19-21-23-25-28-31-39-46-53-66(6)9-2)63-88-92(80,81)86-59-68(75)60-87-93(82,83)89-64-70(62-85-72(77)56-49-42-36-34-38-45-52-65(4)5)91-74(79)58-51-44-37-35-40-47-54-67(7)10-3/h65-70,75H,8-64H2,1-7H3,(H,80,81)(H,82,83)/t66?,67?,68-,69-,70-/m1/s1. The summed E-state index contributed by atoms with van der Waals surface area (Å²) >= 11 is 0. The number of carbonyl (C=O) groups excluding carboxylic acids is 4. The van der Waals surface area contributed by atoms with Crippen molar-refractivity contribution in [3.05, 3.63) is 0 Å². The molecule has 0 radical (unpaired) electrons. The first kappa shape index (κ1) is 91.1. The molecule has 0 aromatic rings. The molecule has 3 N–H and O–H groups in total. The number of unbranched alkanes of at least 4 members (excludes halogenated alkanes) is 38. The molecule has 0 fully saturated rings. The van der Waals surface area contributed by atoms with Crippen molar-refractivity contribution in [3.63, 3.8) is 0 Å². The molecule has 0 heterocycles. The first-order valence-corrected chi connectivity index (χ1v) is 41.4. The highest BCUT2D eigenvalue weighted by atomic mass is 31.2. The molecular formula is C74H144O17P2. The smallest absolute Gasteiger partial charge is 0.462 e. The Morgan fingerprint density at radius 2 is 0.548 bits per heavy atom. The molecule has 0 aliphatic rings. The van der Waals surface area contributed by atoms with E-state index in [2.05, 4.69) is 48.5 Å². The van der Waals surface area contributed by atoms with Crippen LogP contribution in [-0.4, -0.2) is 96.7 Å². The van der Waals surface area contributed by atoms with E-state index in [1.807, 2.05) is 0 Å². The number of hydrogen-bond acceptors (Lipinski definition) is 15. The van der Waals surface area contributed by atoms with Gasteiger partial charge in [-0.15, -0.1) is 0 Å². The molecule has 7 atom stereocenters. The van der Waals surface area contributed by atoms with E-state index in [9.17, 15) is 43.2 Å². The molecule has 19 heteroatoms. The van der Waals surface area contributed by atoms with Gasteiger partial charge >= 0.3 is 39.5 Å². The van der Waals surface area contributed by atoms with Crippen LogP contribution < -0.4 is 0 Å². The lowest BCUT2D eigenvalue weighted by Crippen LogP contribution is -2.30. The van der Waals surface area contributed by atoms with E-state index in [-0.39, 0.29) is 25.7 Å². The number of rotatable bonds is 72. The van der Waals surface area contributed by atoms with Gasteiger partial charge in [0, 0.05) is 25.7 Å². The second kappa shape index (κ2) is 64.7. The van der Waals surface area contributed by atoms with Gasteiger partial charge in [0.15, 0.2) is 12.2 Å². The van der Waals surface area contributed by atoms with E-state index < -0.39 is 97.5 Å². The maximum Gasteiger partial charge on any atom is 0.472 e. The number of hydrogen-bond donors (Lipinski definition) is 3. The van der Waals surface area contributed by atoms with Gasteiger partial charge in [-0.3, -0.25) is 37.3 Å². The summed E-state index contributed by atoms with van der Waals surface area (Å²) in [6, 6.07) is 0. The third kappa shape index (κ3) is 65.8. The molecule has 93 heavy (non-hydrogen) atoms. The lowest BCUT2D eigenvalue weighted by molar-refractivity contribution is -0.161. The molecule has 17 nitrogen and oxygen atoms in total. The minimum Gasteiger partial charge on any atom is -0.462 e. The fourth-order valence-corrected chi connectivity index (χ4v) is 12.8. The van der Waals surface area contributed by atoms with Gasteiger partial charge in [-0.25, -0.2) is 9.13 Å². The molecule has 0 rings (SSSR count). The van der Waals surface area contributed by atoms with Crippen molar-refractivity contribution in [1.29, 1.82) is 0 Å². The van der Waals surface area contributed by atoms with Gasteiger partial charge in [-0.1, -0.05) is 325 Å². The van der Waals surface area contributed by atoms with Crippen LogP contribution in [0, 0.1) is 17.8 Å². The topological polar surface area (TPSA) is 237 Å². The third-order valence-electron chi connectivity index (χ3n) is 17.9. The summed E-state index contributed by atoms with van der Waals surface area (Å²) in [5.41, 5.74) is 0. The molecule has 0 aromatic heterocycles. The van der Waals surface area contributed by atoms with Gasteiger partial charge < -0.3 is 33.8 Å². The molecular weight excluding hydrogens is 1220 g/mol. The quantitative estimate of drug-likeness (QED) is 0.0222. The highest BCUT2D eigenvalue weighted by Crippen LogP contribution is 2.45. The number of aliphatic hydroxyl groups is 1. The van der Waals surface area contributed by atoms with Gasteiger partial charge in [-0.05, 0) is 43.4 Å². The third-order valence-corrected chi connectivity index (χ3v) is 19.8. The van der Waals surface area contributed by atoms with Crippen molar-refractivity contribution in [1.82, 2.24) is 0 Å². The largest absolute Gasteiger partial charge is 0.472 e. The summed E-state index contributed by atoms with van der Waals surface area (Å²) in [4.78, 5) is 72.6. The fraction of sp³-hybridized carbons (Fsp3) is 0.946. The van der Waals surface area contributed by atoms with Crippen LogP contribution in [0.3, 0.4) is 0 Å². The van der Waals surface area contributed by atoms with Crippen molar-refractivity contribution in [3.8, 4) is 0 Å². The molecule has 0 aliphatic heterocycles. The van der Waals surface area contributed by atoms with E-state index in [1.165, 1.54) is 180 Å². The van der Waals surface area contributed by atoms with Crippen LogP contribution in [0.2, 0.25) is 0 Å². The highest BCUT2D eigenvalue weighted by Gasteiger charge is 2.30. The Bertz CT molecular complexity index is 1820. The first-order valence-electron chi connectivity index (χ1n) is 38.4. The Morgan fingerprint density at radius 1 is 0.312 bits per heavy atom. The first-order chi connectivity index (χ1) is 44.8. The molecule has 0 saturated heterocycles. The van der Waals surface area contributed by atoms with Crippen LogP contribution in [0.25, 0.3) is 0 Å². The monoisotopic (exact) mass is 1370 g/mol. The lowest BCUT2D eigenvalue weighted by atomic mass is 9.99. The van der Waals surface area contributed by atoms with E-state index in [0.717, 1.165) is 108 Å². The summed E-state index contributed by atoms with van der Waals surface area (Å²) in [5, 5.41) is 10.6. The number of esters is 4. The lowest BCUT2D eigenvalue weighted by Gasteiger charge is -2.21. The Labute approximate surface area is 568 Å². The number of aliphatic hydroxyl groups excluding tert-OH is 1. The molecule has 0 aromatic carbocycles. The summed E-state index contributed by atoms with van der Waals surface area (Å²) in [7, 11) is -9.90. The van der Waals surface area contributed by atoms with Gasteiger partial charge in [0.2, 0.25) is 0 Å². The van der Waals surface area contributed by atoms with Crippen LogP contribution in [-0.2, 0) is 65.4 Å². The SMILES string of the molecule is CCCCCCCCCCCCCCC(=O)OC[C@H](COP(=O)(O)OC[C@@H](O)COP(=O)(O)OC[C@@H](COC(=O)CCCCCCCCC(C)C)OC(=O)CCCCCCCCC(C)CC)OC(=O)CCCCCCCCCCCCCCCCCCCCC(C)CC. The number of phosphoric acid groups is 2. The minimum absolute atomic E-state index is 0.102. The molecule has 0 amide bonds. The second-order valence-corrected chi connectivity index (χ2v) is 30.6. The molecule has 0 spiro atoms. The summed E-state index contributed by atoms with van der Waals surface area (Å²) in [5.74, 6) is 0.144. The maximum atomic E-state index is 13.1. The zero-order valence-corrected chi connectivity index (χ0v) is 62.5.